The summed E-state index contributed by atoms with van der Waals surface area (Å²) in [6, 6.07) is 5.09. The van der Waals surface area contributed by atoms with Gasteiger partial charge in [0, 0.05) is 18.9 Å². The predicted molar refractivity (Wildman–Crippen MR) is 85.4 cm³/mol. The summed E-state index contributed by atoms with van der Waals surface area (Å²) in [5.41, 5.74) is 0.184. The van der Waals surface area contributed by atoms with Gasteiger partial charge in [0.2, 0.25) is 0 Å². The van der Waals surface area contributed by atoms with Crippen LogP contribution in [0.4, 0.5) is 11.6 Å². The third-order valence-electron chi connectivity index (χ3n) is 2.94. The van der Waals surface area contributed by atoms with E-state index in [1.54, 1.807) is 7.05 Å². The molecule has 3 N–H and O–H groups in total. The molecule has 0 unspecified atom stereocenters. The molecule has 0 saturated carbocycles. The highest BCUT2D eigenvalue weighted by Crippen LogP contribution is 2.18. The van der Waals surface area contributed by atoms with E-state index in [4.69, 9.17) is 0 Å². The van der Waals surface area contributed by atoms with Gasteiger partial charge in [-0.15, -0.1) is 5.10 Å². The Balaban J connectivity index is 1.78. The Labute approximate surface area is 142 Å². The topological polar surface area (TPSA) is 165 Å². The molecule has 0 aliphatic carbocycles. The third-order valence-corrected chi connectivity index (χ3v) is 5.55. The minimum absolute atomic E-state index is 0.0990. The standard InChI is InChI=1S/C11H12N8O4S2/c1-19-6-10(12-7-19)25(22,23)15-8-2-4-9(5-3-8)24(20,21)16-11-13-17-18-14-11/h2-7,15H,1H3,(H2,13,14,16,17,18). The molecule has 0 aliphatic heterocycles. The van der Waals surface area contributed by atoms with E-state index in [0.717, 1.165) is 0 Å². The summed E-state index contributed by atoms with van der Waals surface area (Å²) in [5.74, 6) is -0.208. The summed E-state index contributed by atoms with van der Waals surface area (Å²) < 4.78 is 54.5. The number of aromatic amines is 1. The Kier molecular flexibility index (Phi) is 4.13. The smallest absolute Gasteiger partial charge is 0.280 e. The zero-order valence-electron chi connectivity index (χ0n) is 12.6. The van der Waals surface area contributed by atoms with Crippen LogP contribution in [0.5, 0.6) is 0 Å². The maximum absolute atomic E-state index is 12.2. The molecular weight excluding hydrogens is 372 g/mol. The maximum atomic E-state index is 12.2. The van der Waals surface area contributed by atoms with Crippen molar-refractivity contribution < 1.29 is 16.8 Å². The Morgan fingerprint density at radius 2 is 1.76 bits per heavy atom. The minimum Gasteiger partial charge on any atom is -0.339 e. The molecule has 0 atom stereocenters. The van der Waals surface area contributed by atoms with Gasteiger partial charge < -0.3 is 4.57 Å². The lowest BCUT2D eigenvalue weighted by Crippen LogP contribution is -2.15. The van der Waals surface area contributed by atoms with Crippen LogP contribution in [0.2, 0.25) is 0 Å². The van der Waals surface area contributed by atoms with Crippen LogP contribution in [-0.4, -0.2) is 47.0 Å². The number of aromatic nitrogens is 6. The lowest BCUT2D eigenvalue weighted by molar-refractivity contribution is 0.597. The SMILES string of the molecule is Cn1cnc(S(=O)(=O)Nc2ccc(S(=O)(=O)Nc3nn[nH]n3)cc2)c1. The second kappa shape index (κ2) is 6.14. The van der Waals surface area contributed by atoms with E-state index >= 15 is 0 Å². The zero-order chi connectivity index (χ0) is 18.1. The van der Waals surface area contributed by atoms with Crippen molar-refractivity contribution >= 4 is 31.7 Å². The van der Waals surface area contributed by atoms with Crippen LogP contribution in [0, 0.1) is 0 Å². The first-order valence-corrected chi connectivity index (χ1v) is 9.60. The van der Waals surface area contributed by atoms with E-state index < -0.39 is 20.0 Å². The average molecular weight is 384 g/mol. The second-order valence-electron chi connectivity index (χ2n) is 4.85. The molecule has 3 rings (SSSR count). The van der Waals surface area contributed by atoms with Crippen LogP contribution >= 0.6 is 0 Å². The van der Waals surface area contributed by atoms with Crippen molar-refractivity contribution in [3.8, 4) is 0 Å². The van der Waals surface area contributed by atoms with Gasteiger partial charge in [-0.1, -0.05) is 5.10 Å². The van der Waals surface area contributed by atoms with Crippen LogP contribution in [0.1, 0.15) is 0 Å². The summed E-state index contributed by atoms with van der Waals surface area (Å²) in [4.78, 5) is 3.67. The molecule has 0 fully saturated rings. The van der Waals surface area contributed by atoms with Crippen molar-refractivity contribution in [1.29, 1.82) is 0 Å². The van der Waals surface area contributed by atoms with Gasteiger partial charge in [-0.25, -0.2) is 18.1 Å². The van der Waals surface area contributed by atoms with Crippen molar-refractivity contribution in [2.45, 2.75) is 9.92 Å². The molecule has 0 saturated heterocycles. The van der Waals surface area contributed by atoms with Gasteiger partial charge in [-0.05, 0) is 29.5 Å². The molecule has 0 radical (unpaired) electrons. The molecule has 2 aromatic heterocycles. The second-order valence-corrected chi connectivity index (χ2v) is 8.16. The number of hydrogen-bond donors (Lipinski definition) is 3. The minimum atomic E-state index is -3.92. The molecular formula is C11H12N8O4S2. The fraction of sp³-hybridized carbons (Fsp3) is 0.0909. The van der Waals surface area contributed by atoms with Crippen LogP contribution in [0.15, 0.2) is 46.7 Å². The summed E-state index contributed by atoms with van der Waals surface area (Å²) in [5, 5.41) is 12.2. The number of anilines is 2. The Morgan fingerprint density at radius 1 is 1.04 bits per heavy atom. The summed E-state index contributed by atoms with van der Waals surface area (Å²) >= 11 is 0. The number of tetrazole rings is 1. The molecule has 14 heteroatoms. The lowest BCUT2D eigenvalue weighted by atomic mass is 10.3. The monoisotopic (exact) mass is 384 g/mol. The van der Waals surface area contributed by atoms with Gasteiger partial charge in [0.25, 0.3) is 26.0 Å². The highest BCUT2D eigenvalue weighted by molar-refractivity contribution is 7.93. The highest BCUT2D eigenvalue weighted by atomic mass is 32.2. The summed E-state index contributed by atoms with van der Waals surface area (Å²) in [6.07, 6.45) is 2.70. The van der Waals surface area contributed by atoms with Crippen molar-refractivity contribution in [1.82, 2.24) is 30.2 Å². The first-order chi connectivity index (χ1) is 11.8. The maximum Gasteiger partial charge on any atom is 0.280 e. The predicted octanol–water partition coefficient (Wildman–Crippen LogP) is -0.465. The average Bonchev–Trinajstić information content (AvgIpc) is 3.19. The van der Waals surface area contributed by atoms with Crippen LogP contribution in [0.3, 0.4) is 0 Å². The van der Waals surface area contributed by atoms with Crippen molar-refractivity contribution in [2.75, 3.05) is 9.44 Å². The molecule has 0 bridgehead atoms. The summed E-state index contributed by atoms with van der Waals surface area (Å²) in [6.45, 7) is 0. The fourth-order valence-electron chi connectivity index (χ4n) is 1.82. The quantitative estimate of drug-likeness (QED) is 0.513. The molecule has 0 spiro atoms. The molecule has 0 aliphatic rings. The van der Waals surface area contributed by atoms with E-state index in [0.29, 0.717) is 0 Å². The Bertz CT molecular complexity index is 1070. The van der Waals surface area contributed by atoms with Crippen LogP contribution in [-0.2, 0) is 27.1 Å². The fourth-order valence-corrected chi connectivity index (χ4v) is 3.80. The first-order valence-electron chi connectivity index (χ1n) is 6.63. The number of nitrogens with zero attached hydrogens (tertiary/aromatic N) is 5. The largest absolute Gasteiger partial charge is 0.339 e. The molecule has 12 nitrogen and oxygen atoms in total. The van der Waals surface area contributed by atoms with Crippen LogP contribution < -0.4 is 9.44 Å². The zero-order valence-corrected chi connectivity index (χ0v) is 14.3. The van der Waals surface area contributed by atoms with Crippen molar-refractivity contribution in [3.05, 3.63) is 36.8 Å². The molecule has 1 aromatic carbocycles. The van der Waals surface area contributed by atoms with Gasteiger partial charge in [-0.3, -0.25) is 4.72 Å². The number of aryl methyl sites for hydroxylation is 1. The first kappa shape index (κ1) is 16.8. The third kappa shape index (κ3) is 3.74. The van der Waals surface area contributed by atoms with Crippen molar-refractivity contribution in [3.63, 3.8) is 0 Å². The van der Waals surface area contributed by atoms with Gasteiger partial charge in [0.1, 0.15) is 0 Å². The van der Waals surface area contributed by atoms with E-state index in [-0.39, 0.29) is 21.6 Å². The van der Waals surface area contributed by atoms with Gasteiger partial charge in [0.05, 0.1) is 11.2 Å². The molecule has 2 heterocycles. The molecule has 25 heavy (non-hydrogen) atoms. The Hall–Kier alpha value is -3.00. The van der Waals surface area contributed by atoms with E-state index in [2.05, 4.69) is 35.1 Å². The van der Waals surface area contributed by atoms with Gasteiger partial charge >= 0.3 is 0 Å². The van der Waals surface area contributed by atoms with E-state index in [9.17, 15) is 16.8 Å². The van der Waals surface area contributed by atoms with E-state index in [1.165, 1.54) is 41.4 Å². The number of imidazole rings is 1. The normalized spacial score (nSPS) is 12.0. The Morgan fingerprint density at radius 3 is 2.32 bits per heavy atom. The number of benzene rings is 1. The highest BCUT2D eigenvalue weighted by Gasteiger charge is 2.19. The number of nitrogens with one attached hydrogen (secondary N) is 3. The lowest BCUT2D eigenvalue weighted by Gasteiger charge is -2.08. The van der Waals surface area contributed by atoms with Gasteiger partial charge in [0.15, 0.2) is 5.03 Å². The summed E-state index contributed by atoms with van der Waals surface area (Å²) in [7, 11) is -6.14. The molecule has 0 amide bonds. The van der Waals surface area contributed by atoms with Crippen LogP contribution in [0.25, 0.3) is 0 Å². The van der Waals surface area contributed by atoms with E-state index in [1.807, 2.05) is 0 Å². The number of hydrogen-bond acceptors (Lipinski definition) is 8. The van der Waals surface area contributed by atoms with Gasteiger partial charge in [-0.2, -0.15) is 13.6 Å². The van der Waals surface area contributed by atoms with Crippen molar-refractivity contribution in [2.24, 2.45) is 7.05 Å². The molecule has 132 valence electrons. The number of sulfonamides is 2. The number of rotatable bonds is 6. The number of H-pyrrole nitrogens is 1. The molecule has 3 aromatic rings.